The number of nitrogens with two attached hydrogens (primary N) is 1. The third-order valence-corrected chi connectivity index (χ3v) is 4.29. The van der Waals surface area contributed by atoms with Crippen molar-refractivity contribution in [3.05, 3.63) is 65.0 Å². The van der Waals surface area contributed by atoms with Crippen molar-refractivity contribution in [2.75, 3.05) is 5.73 Å². The Kier molecular flexibility index (Phi) is 5.22. The maximum absolute atomic E-state index is 12.0. The van der Waals surface area contributed by atoms with Crippen LogP contribution >= 0.6 is 23.2 Å². The molecule has 152 valence electrons. The number of nitrogens with one attached hydrogen (secondary N) is 2. The van der Waals surface area contributed by atoms with Gasteiger partial charge < -0.3 is 15.6 Å². The van der Waals surface area contributed by atoms with Crippen LogP contribution in [0.5, 0.6) is 11.6 Å². The molecule has 0 atom stereocenters. The van der Waals surface area contributed by atoms with E-state index < -0.39 is 28.2 Å². The van der Waals surface area contributed by atoms with Gasteiger partial charge in [0.25, 0.3) is 11.1 Å². The van der Waals surface area contributed by atoms with Crippen molar-refractivity contribution < 1.29 is 9.84 Å². The third kappa shape index (κ3) is 4.16. The van der Waals surface area contributed by atoms with Crippen LogP contribution in [-0.2, 0) is 5.60 Å². The van der Waals surface area contributed by atoms with E-state index in [1.54, 1.807) is 0 Å². The molecule has 29 heavy (non-hydrogen) atoms. The molecule has 3 aromatic rings. The summed E-state index contributed by atoms with van der Waals surface area (Å²) in [4.78, 5) is 37.2. The van der Waals surface area contributed by atoms with Crippen LogP contribution < -0.4 is 27.3 Å². The highest BCUT2D eigenvalue weighted by Crippen LogP contribution is 2.37. The van der Waals surface area contributed by atoms with E-state index >= 15 is 0 Å². The molecule has 0 amide bonds. The second kappa shape index (κ2) is 7.35. The Bertz CT molecular complexity index is 1250. The first-order valence-corrected chi connectivity index (χ1v) is 8.72. The van der Waals surface area contributed by atoms with E-state index in [-0.39, 0.29) is 32.9 Å². The van der Waals surface area contributed by atoms with Crippen LogP contribution in [0, 0.1) is 0 Å². The fraction of sp³-hybridized carbons (Fsp3) is 0.188. The zero-order valence-corrected chi connectivity index (χ0v) is 16.5. The number of benzene rings is 1. The molecule has 1 aromatic carbocycles. The molecular weight excluding hydrogens is 427 g/mol. The summed E-state index contributed by atoms with van der Waals surface area (Å²) in [7, 11) is 0. The van der Waals surface area contributed by atoms with Gasteiger partial charge in [-0.25, -0.2) is 9.89 Å². The largest absolute Gasteiger partial charge is 0.434 e. The van der Waals surface area contributed by atoms with Crippen molar-refractivity contribution in [3.8, 4) is 17.3 Å². The van der Waals surface area contributed by atoms with Crippen molar-refractivity contribution in [3.63, 3.8) is 0 Å². The van der Waals surface area contributed by atoms with Gasteiger partial charge in [-0.2, -0.15) is 4.68 Å². The molecule has 3 rings (SSSR count). The van der Waals surface area contributed by atoms with Crippen LogP contribution in [0.1, 0.15) is 19.4 Å². The summed E-state index contributed by atoms with van der Waals surface area (Å²) in [6.45, 7) is 2.85. The van der Waals surface area contributed by atoms with E-state index in [0.717, 1.165) is 4.68 Å². The summed E-state index contributed by atoms with van der Waals surface area (Å²) >= 11 is 12.4. The quantitative estimate of drug-likeness (QED) is 0.463. The molecule has 0 unspecified atom stereocenters. The van der Waals surface area contributed by atoms with Crippen molar-refractivity contribution in [1.82, 2.24) is 25.0 Å². The lowest BCUT2D eigenvalue weighted by molar-refractivity contribution is 0.0765. The van der Waals surface area contributed by atoms with Crippen LogP contribution in [0.25, 0.3) is 5.69 Å². The second-order valence-electron chi connectivity index (χ2n) is 6.40. The average Bonchev–Trinajstić information content (AvgIpc) is 2.61. The summed E-state index contributed by atoms with van der Waals surface area (Å²) < 4.78 is 6.36. The molecule has 0 aliphatic heterocycles. The van der Waals surface area contributed by atoms with Gasteiger partial charge in [-0.1, -0.05) is 23.2 Å². The van der Waals surface area contributed by atoms with Gasteiger partial charge >= 0.3 is 5.69 Å². The number of anilines is 1. The summed E-state index contributed by atoms with van der Waals surface area (Å²) in [5, 5.41) is 19.7. The molecule has 0 spiro atoms. The molecule has 0 aliphatic carbocycles. The number of H-pyrrole nitrogens is 2. The van der Waals surface area contributed by atoms with E-state index in [4.69, 9.17) is 33.7 Å². The molecule has 5 N–H and O–H groups in total. The van der Waals surface area contributed by atoms with E-state index in [2.05, 4.69) is 15.3 Å². The zero-order chi connectivity index (χ0) is 21.5. The molecule has 0 saturated carbocycles. The molecule has 2 heterocycles. The molecular formula is C16H14Cl2N6O5. The monoisotopic (exact) mass is 440 g/mol. The minimum absolute atomic E-state index is 0.0193. The standard InChI is InChI=1S/C16H14Cl2N6O5/c1-16(2,28)7-5-10(21-22-13(7)25)29-11-8(17)3-6(4-9(11)18)24-15(27)20-14(26)12(19)23-24/h3-5,28H,1-2H3,(H2,19,23)(H,22,25)(H,20,26,27). The minimum Gasteiger partial charge on any atom is -0.434 e. The van der Waals surface area contributed by atoms with Gasteiger partial charge in [0.1, 0.15) is 0 Å². The number of aromatic amines is 2. The Morgan fingerprint density at radius 3 is 2.34 bits per heavy atom. The lowest BCUT2D eigenvalue weighted by Crippen LogP contribution is -2.33. The van der Waals surface area contributed by atoms with E-state index in [9.17, 15) is 19.5 Å². The number of nitrogens with zero attached hydrogens (tertiary/aromatic N) is 3. The Balaban J connectivity index is 2.04. The number of aromatic nitrogens is 5. The number of hydrogen-bond donors (Lipinski definition) is 4. The fourth-order valence-corrected chi connectivity index (χ4v) is 2.91. The number of rotatable bonds is 4. The van der Waals surface area contributed by atoms with Gasteiger partial charge in [-0.15, -0.1) is 10.2 Å². The predicted molar refractivity (Wildman–Crippen MR) is 105 cm³/mol. The molecule has 0 bridgehead atoms. The van der Waals surface area contributed by atoms with Gasteiger partial charge in [0.05, 0.1) is 26.9 Å². The number of hydrogen-bond acceptors (Lipinski definition) is 8. The minimum atomic E-state index is -1.44. The lowest BCUT2D eigenvalue weighted by Gasteiger charge is -2.17. The molecule has 13 heteroatoms. The van der Waals surface area contributed by atoms with Gasteiger partial charge in [0.15, 0.2) is 5.75 Å². The van der Waals surface area contributed by atoms with Crippen LogP contribution in [-0.4, -0.2) is 30.1 Å². The Hall–Kier alpha value is -3.15. The summed E-state index contributed by atoms with van der Waals surface area (Å²) in [6, 6.07) is 3.85. The summed E-state index contributed by atoms with van der Waals surface area (Å²) in [6.07, 6.45) is 0. The topological polar surface area (TPSA) is 169 Å². The molecule has 0 fully saturated rings. The highest BCUT2D eigenvalue weighted by atomic mass is 35.5. The van der Waals surface area contributed by atoms with Gasteiger partial charge in [0.2, 0.25) is 11.7 Å². The zero-order valence-electron chi connectivity index (χ0n) is 15.0. The SMILES string of the molecule is CC(C)(O)c1cc(Oc2c(Cl)cc(-n3nc(N)c(=O)[nH]c3=O)cc2Cl)n[nH]c1=O. The maximum atomic E-state index is 12.0. The molecule has 0 aliphatic rings. The fourth-order valence-electron chi connectivity index (χ4n) is 2.35. The normalized spacial score (nSPS) is 11.5. The average molecular weight is 441 g/mol. The van der Waals surface area contributed by atoms with Gasteiger partial charge in [-0.05, 0) is 26.0 Å². The molecule has 0 radical (unpaired) electrons. The lowest BCUT2D eigenvalue weighted by atomic mass is 10.0. The van der Waals surface area contributed by atoms with Gasteiger partial charge in [0, 0.05) is 6.07 Å². The smallest absolute Gasteiger partial charge is 0.349 e. The van der Waals surface area contributed by atoms with Crippen molar-refractivity contribution in [1.29, 1.82) is 0 Å². The van der Waals surface area contributed by atoms with E-state index in [0.29, 0.717) is 0 Å². The van der Waals surface area contributed by atoms with E-state index in [1.165, 1.54) is 32.0 Å². The highest BCUT2D eigenvalue weighted by Gasteiger charge is 2.22. The van der Waals surface area contributed by atoms with Crippen LogP contribution in [0.4, 0.5) is 5.82 Å². The first-order chi connectivity index (χ1) is 13.5. The Labute approximate surface area is 171 Å². The Morgan fingerprint density at radius 2 is 1.76 bits per heavy atom. The van der Waals surface area contributed by atoms with E-state index in [1.807, 2.05) is 4.98 Å². The van der Waals surface area contributed by atoms with Crippen molar-refractivity contribution >= 4 is 29.0 Å². The van der Waals surface area contributed by atoms with Crippen molar-refractivity contribution in [2.24, 2.45) is 0 Å². The number of aliphatic hydroxyl groups is 1. The van der Waals surface area contributed by atoms with Crippen LogP contribution in [0.2, 0.25) is 10.0 Å². The summed E-state index contributed by atoms with van der Waals surface area (Å²) in [5.74, 6) is -0.528. The summed E-state index contributed by atoms with van der Waals surface area (Å²) in [5.41, 5.74) is 1.88. The second-order valence-corrected chi connectivity index (χ2v) is 7.22. The van der Waals surface area contributed by atoms with Crippen LogP contribution in [0.3, 0.4) is 0 Å². The number of ether oxygens (including phenoxy) is 1. The molecule has 2 aromatic heterocycles. The van der Waals surface area contributed by atoms with Gasteiger partial charge in [-0.3, -0.25) is 14.6 Å². The maximum Gasteiger partial charge on any atom is 0.349 e. The number of halogens is 2. The first-order valence-electron chi connectivity index (χ1n) is 7.96. The molecule has 11 nitrogen and oxygen atoms in total. The van der Waals surface area contributed by atoms with Crippen molar-refractivity contribution in [2.45, 2.75) is 19.4 Å². The molecule has 0 saturated heterocycles. The Morgan fingerprint density at radius 1 is 1.14 bits per heavy atom. The predicted octanol–water partition coefficient (Wildman–Crippen LogP) is 0.913. The first kappa shape index (κ1) is 20.6. The van der Waals surface area contributed by atoms with Crippen LogP contribution in [0.15, 0.2) is 32.6 Å². The highest BCUT2D eigenvalue weighted by molar-refractivity contribution is 6.37. The third-order valence-electron chi connectivity index (χ3n) is 3.73. The number of nitrogen functional groups attached to an aromatic ring is 1.